The van der Waals surface area contributed by atoms with Crippen LogP contribution in [0.2, 0.25) is 0 Å². The Bertz CT molecular complexity index is 811. The number of nitrogens with zero attached hydrogens (tertiary/aromatic N) is 2. The molecule has 1 aromatic carbocycles. The zero-order valence-corrected chi connectivity index (χ0v) is 15.5. The number of benzene rings is 1. The Balaban J connectivity index is 1.76. The van der Waals surface area contributed by atoms with Crippen LogP contribution in [0.25, 0.3) is 0 Å². The Morgan fingerprint density at radius 2 is 2.08 bits per heavy atom. The Labute approximate surface area is 152 Å². The van der Waals surface area contributed by atoms with Crippen LogP contribution in [0.5, 0.6) is 0 Å². The second kappa shape index (κ2) is 7.34. The van der Waals surface area contributed by atoms with Crippen molar-refractivity contribution in [1.82, 2.24) is 4.90 Å². The van der Waals surface area contributed by atoms with Gasteiger partial charge in [-0.05, 0) is 25.0 Å². The minimum absolute atomic E-state index is 0.0174. The van der Waals surface area contributed by atoms with Gasteiger partial charge in [-0.1, -0.05) is 19.1 Å². The topological polar surface area (TPSA) is 74.8 Å². The van der Waals surface area contributed by atoms with Crippen molar-refractivity contribution >= 4 is 27.3 Å². The maximum absolute atomic E-state index is 14.0. The first-order valence-corrected chi connectivity index (χ1v) is 10.7. The maximum Gasteiger partial charge on any atom is 0.228 e. The molecule has 26 heavy (non-hydrogen) atoms. The van der Waals surface area contributed by atoms with E-state index in [9.17, 15) is 22.4 Å². The molecule has 0 saturated carbocycles. The van der Waals surface area contributed by atoms with E-state index in [2.05, 4.69) is 0 Å². The molecule has 2 amide bonds. The highest BCUT2D eigenvalue weighted by molar-refractivity contribution is 7.91. The van der Waals surface area contributed by atoms with Crippen LogP contribution in [0.15, 0.2) is 24.3 Å². The zero-order chi connectivity index (χ0) is 18.9. The molecule has 0 radical (unpaired) electrons. The van der Waals surface area contributed by atoms with E-state index in [1.807, 2.05) is 6.92 Å². The van der Waals surface area contributed by atoms with Crippen LogP contribution < -0.4 is 4.90 Å². The molecule has 2 saturated heterocycles. The summed E-state index contributed by atoms with van der Waals surface area (Å²) in [6.07, 6.45) is 1.17. The van der Waals surface area contributed by atoms with Crippen molar-refractivity contribution < 1.29 is 22.4 Å². The van der Waals surface area contributed by atoms with E-state index in [1.165, 1.54) is 17.0 Å². The number of rotatable bonds is 5. The third-order valence-corrected chi connectivity index (χ3v) is 6.76. The van der Waals surface area contributed by atoms with E-state index >= 15 is 0 Å². The first-order valence-electron chi connectivity index (χ1n) is 8.88. The molecule has 2 heterocycles. The van der Waals surface area contributed by atoms with Crippen molar-refractivity contribution in [3.05, 3.63) is 30.1 Å². The summed E-state index contributed by atoms with van der Waals surface area (Å²) in [4.78, 5) is 28.3. The molecule has 0 bridgehead atoms. The van der Waals surface area contributed by atoms with Crippen molar-refractivity contribution in [2.75, 3.05) is 29.5 Å². The van der Waals surface area contributed by atoms with Gasteiger partial charge in [0.1, 0.15) is 5.82 Å². The molecule has 2 aliphatic rings. The van der Waals surface area contributed by atoms with Gasteiger partial charge < -0.3 is 9.80 Å². The van der Waals surface area contributed by atoms with Gasteiger partial charge in [-0.2, -0.15) is 0 Å². The second-order valence-electron chi connectivity index (χ2n) is 6.95. The predicted molar refractivity (Wildman–Crippen MR) is 95.9 cm³/mol. The first kappa shape index (κ1) is 18.8. The molecule has 0 aliphatic carbocycles. The molecule has 2 atom stereocenters. The number of amides is 2. The van der Waals surface area contributed by atoms with Crippen molar-refractivity contribution in [3.8, 4) is 0 Å². The third-order valence-electron chi connectivity index (χ3n) is 5.01. The molecule has 0 spiro atoms. The SMILES string of the molecule is CCCN(C(=O)[C@H]1CC(=O)N(c2ccccc2F)C1)[C@H]1CCS(=O)(=O)C1. The van der Waals surface area contributed by atoms with Crippen LogP contribution >= 0.6 is 0 Å². The lowest BCUT2D eigenvalue weighted by atomic mass is 10.0. The number of halogens is 1. The highest BCUT2D eigenvalue weighted by atomic mass is 32.2. The van der Waals surface area contributed by atoms with Gasteiger partial charge in [0.25, 0.3) is 0 Å². The Morgan fingerprint density at radius 3 is 2.69 bits per heavy atom. The number of hydrogen-bond donors (Lipinski definition) is 0. The minimum Gasteiger partial charge on any atom is -0.338 e. The average molecular weight is 382 g/mol. The van der Waals surface area contributed by atoms with Crippen molar-refractivity contribution in [3.63, 3.8) is 0 Å². The van der Waals surface area contributed by atoms with Gasteiger partial charge >= 0.3 is 0 Å². The van der Waals surface area contributed by atoms with E-state index < -0.39 is 21.6 Å². The molecule has 6 nitrogen and oxygen atoms in total. The summed E-state index contributed by atoms with van der Waals surface area (Å²) in [6, 6.07) is 5.67. The van der Waals surface area contributed by atoms with Gasteiger partial charge in [-0.15, -0.1) is 0 Å². The Kier molecular flexibility index (Phi) is 5.32. The number of sulfone groups is 1. The first-order chi connectivity index (χ1) is 12.3. The van der Waals surface area contributed by atoms with E-state index in [4.69, 9.17) is 0 Å². The molecule has 142 valence electrons. The van der Waals surface area contributed by atoms with Crippen molar-refractivity contribution in [2.24, 2.45) is 5.92 Å². The summed E-state index contributed by atoms with van der Waals surface area (Å²) >= 11 is 0. The molecule has 0 aromatic heterocycles. The number of hydrogen-bond acceptors (Lipinski definition) is 4. The molecule has 0 N–H and O–H groups in total. The molecule has 0 unspecified atom stereocenters. The van der Waals surface area contributed by atoms with Gasteiger partial charge in [0.05, 0.1) is 23.1 Å². The highest BCUT2D eigenvalue weighted by Crippen LogP contribution is 2.29. The second-order valence-corrected chi connectivity index (χ2v) is 9.17. The van der Waals surface area contributed by atoms with Crippen LogP contribution in [-0.2, 0) is 19.4 Å². The fraction of sp³-hybridized carbons (Fsp3) is 0.556. The normalized spacial score (nSPS) is 24.8. The number of carbonyl (C=O) groups excluding carboxylic acids is 2. The summed E-state index contributed by atoms with van der Waals surface area (Å²) in [5.41, 5.74) is 0.179. The molecule has 2 fully saturated rings. The highest BCUT2D eigenvalue weighted by Gasteiger charge is 2.41. The predicted octanol–water partition coefficient (Wildman–Crippen LogP) is 1.60. The smallest absolute Gasteiger partial charge is 0.228 e. The van der Waals surface area contributed by atoms with E-state index in [0.29, 0.717) is 19.4 Å². The number of anilines is 1. The molecular weight excluding hydrogens is 359 g/mol. The molecule has 2 aliphatic heterocycles. The lowest BCUT2D eigenvalue weighted by molar-refractivity contribution is -0.137. The fourth-order valence-electron chi connectivity index (χ4n) is 3.75. The number of para-hydroxylation sites is 1. The summed E-state index contributed by atoms with van der Waals surface area (Å²) in [5, 5.41) is 0. The summed E-state index contributed by atoms with van der Waals surface area (Å²) in [7, 11) is -3.11. The van der Waals surface area contributed by atoms with Crippen LogP contribution in [0, 0.1) is 11.7 Å². The Morgan fingerprint density at radius 1 is 1.35 bits per heavy atom. The van der Waals surface area contributed by atoms with Crippen LogP contribution in [0.4, 0.5) is 10.1 Å². The van der Waals surface area contributed by atoms with E-state index in [0.717, 1.165) is 0 Å². The maximum atomic E-state index is 14.0. The molecule has 8 heteroatoms. The lowest BCUT2D eigenvalue weighted by Crippen LogP contribution is -2.45. The lowest BCUT2D eigenvalue weighted by Gasteiger charge is -2.30. The van der Waals surface area contributed by atoms with Crippen LogP contribution in [0.1, 0.15) is 26.2 Å². The molecule has 3 rings (SSSR count). The van der Waals surface area contributed by atoms with Crippen molar-refractivity contribution in [1.29, 1.82) is 0 Å². The van der Waals surface area contributed by atoms with Crippen molar-refractivity contribution in [2.45, 2.75) is 32.2 Å². The van der Waals surface area contributed by atoms with Gasteiger partial charge in [-0.25, -0.2) is 12.8 Å². The third kappa shape index (κ3) is 3.75. The van der Waals surface area contributed by atoms with Gasteiger partial charge in [0, 0.05) is 25.6 Å². The summed E-state index contributed by atoms with van der Waals surface area (Å²) in [6.45, 7) is 2.51. The summed E-state index contributed by atoms with van der Waals surface area (Å²) in [5.74, 6) is -1.49. The molecular formula is C18H23FN2O4S. The average Bonchev–Trinajstić information content (AvgIpc) is 3.15. The standard InChI is InChI=1S/C18H23FN2O4S/c1-2-8-20(14-7-9-26(24,25)12-14)18(23)13-10-17(22)21(11-13)16-6-4-3-5-15(16)19/h3-6,13-14H,2,7-12H2,1H3/t13-,14-/m0/s1. The Hall–Kier alpha value is -1.96. The quantitative estimate of drug-likeness (QED) is 0.775. The van der Waals surface area contributed by atoms with Crippen LogP contribution in [0.3, 0.4) is 0 Å². The number of carbonyl (C=O) groups is 2. The largest absolute Gasteiger partial charge is 0.338 e. The van der Waals surface area contributed by atoms with Gasteiger partial charge in [0.15, 0.2) is 9.84 Å². The van der Waals surface area contributed by atoms with Gasteiger partial charge in [0.2, 0.25) is 11.8 Å². The van der Waals surface area contributed by atoms with Gasteiger partial charge in [-0.3, -0.25) is 9.59 Å². The zero-order valence-electron chi connectivity index (χ0n) is 14.7. The monoisotopic (exact) mass is 382 g/mol. The summed E-state index contributed by atoms with van der Waals surface area (Å²) < 4.78 is 37.6. The molecule has 1 aromatic rings. The van der Waals surface area contributed by atoms with Crippen LogP contribution in [-0.4, -0.2) is 55.8 Å². The fourth-order valence-corrected chi connectivity index (χ4v) is 5.48. The van der Waals surface area contributed by atoms with E-state index in [1.54, 1.807) is 17.0 Å². The minimum atomic E-state index is -3.11. The van der Waals surface area contributed by atoms with E-state index in [-0.39, 0.29) is 48.0 Å².